The summed E-state index contributed by atoms with van der Waals surface area (Å²) in [6, 6.07) is 19.1. The molecule has 0 spiro atoms. The second-order valence-corrected chi connectivity index (χ2v) is 11.0. The van der Waals surface area contributed by atoms with E-state index in [1.165, 1.54) is 0 Å². The van der Waals surface area contributed by atoms with Gasteiger partial charge in [-0.15, -0.1) is 0 Å². The Morgan fingerprint density at radius 1 is 1.00 bits per heavy atom. The predicted molar refractivity (Wildman–Crippen MR) is 146 cm³/mol. The number of hydrogen-bond acceptors (Lipinski definition) is 5. The van der Waals surface area contributed by atoms with Crippen LogP contribution in [0.2, 0.25) is 0 Å². The molecule has 2 N–H and O–H groups in total. The molecule has 0 saturated carbocycles. The topological polar surface area (TPSA) is 92.2 Å². The smallest absolute Gasteiger partial charge is 0.229 e. The lowest BCUT2D eigenvalue weighted by Gasteiger charge is -2.29. The fourth-order valence-corrected chi connectivity index (χ4v) is 5.65. The lowest BCUT2D eigenvalue weighted by molar-refractivity contribution is 0.548. The molecule has 1 aliphatic heterocycles. The Balaban J connectivity index is 1.66. The number of thiocarbonyl (C=S) groups is 1. The molecule has 1 aliphatic rings. The van der Waals surface area contributed by atoms with Crippen molar-refractivity contribution >= 4 is 38.7 Å². The number of sulfonamides is 1. The highest BCUT2D eigenvalue weighted by Gasteiger charge is 2.42. The van der Waals surface area contributed by atoms with Crippen LogP contribution in [-0.2, 0) is 10.0 Å². The Morgan fingerprint density at radius 3 is 2.50 bits per heavy atom. The van der Waals surface area contributed by atoms with Gasteiger partial charge in [-0.2, -0.15) is 0 Å². The second kappa shape index (κ2) is 9.36. The third-order valence-corrected chi connectivity index (χ3v) is 7.10. The van der Waals surface area contributed by atoms with Crippen LogP contribution < -0.4 is 14.9 Å². The maximum absolute atomic E-state index is 11.8. The summed E-state index contributed by atoms with van der Waals surface area (Å²) in [5, 5.41) is 4.05. The van der Waals surface area contributed by atoms with Crippen LogP contribution in [0, 0.1) is 13.8 Å². The fourth-order valence-electron chi connectivity index (χ4n) is 4.67. The standard InChI is InChI=1S/C26H26N6O2S2/c1-17-15-19(10-11-21(17)30-36(3,33)34)32-25(24(29-26(32)35)22-8-4-5-14-28-22)23-12-9-18(2)31(23)20-7-6-13-27-16-20/h4-16,24-25,30H,1-3H3,(H,29,35)/t24-,25+/m1/s1. The van der Waals surface area contributed by atoms with Crippen LogP contribution in [-0.4, -0.2) is 34.3 Å². The molecule has 0 bridgehead atoms. The summed E-state index contributed by atoms with van der Waals surface area (Å²) in [5.74, 6) is 0. The van der Waals surface area contributed by atoms with Crippen molar-refractivity contribution in [2.24, 2.45) is 0 Å². The maximum atomic E-state index is 11.8. The zero-order chi connectivity index (χ0) is 25.4. The number of aromatic nitrogens is 3. The molecule has 0 amide bonds. The van der Waals surface area contributed by atoms with Crippen LogP contribution in [0.25, 0.3) is 5.69 Å². The van der Waals surface area contributed by atoms with Crippen molar-refractivity contribution in [2.75, 3.05) is 15.9 Å². The molecular weight excluding hydrogens is 492 g/mol. The van der Waals surface area contributed by atoms with E-state index in [-0.39, 0.29) is 12.1 Å². The van der Waals surface area contributed by atoms with Gasteiger partial charge in [-0.3, -0.25) is 14.7 Å². The van der Waals surface area contributed by atoms with Gasteiger partial charge < -0.3 is 14.8 Å². The number of anilines is 2. The number of nitrogens with zero attached hydrogens (tertiary/aromatic N) is 4. The van der Waals surface area contributed by atoms with Crippen LogP contribution in [0.4, 0.5) is 11.4 Å². The van der Waals surface area contributed by atoms with Crippen molar-refractivity contribution in [3.05, 3.63) is 102 Å². The number of nitrogens with one attached hydrogen (secondary N) is 2. The summed E-state index contributed by atoms with van der Waals surface area (Å²) in [4.78, 5) is 11.0. The van der Waals surface area contributed by atoms with E-state index in [1.54, 1.807) is 18.5 Å². The van der Waals surface area contributed by atoms with Crippen LogP contribution in [0.3, 0.4) is 0 Å². The monoisotopic (exact) mass is 518 g/mol. The first-order valence-corrected chi connectivity index (χ1v) is 13.7. The van der Waals surface area contributed by atoms with E-state index in [4.69, 9.17) is 12.2 Å². The van der Waals surface area contributed by atoms with Gasteiger partial charge in [0.25, 0.3) is 0 Å². The van der Waals surface area contributed by atoms with Crippen molar-refractivity contribution in [3.8, 4) is 5.69 Å². The van der Waals surface area contributed by atoms with E-state index in [0.29, 0.717) is 10.8 Å². The normalized spacial score (nSPS) is 17.8. The quantitative estimate of drug-likeness (QED) is 0.365. The van der Waals surface area contributed by atoms with Gasteiger partial charge in [0.1, 0.15) is 6.04 Å². The number of rotatable bonds is 6. The third-order valence-electron chi connectivity index (χ3n) is 6.19. The minimum atomic E-state index is -3.39. The Bertz CT molecular complexity index is 1520. The van der Waals surface area contributed by atoms with E-state index in [9.17, 15) is 8.42 Å². The van der Waals surface area contributed by atoms with E-state index in [2.05, 4.69) is 48.5 Å². The van der Waals surface area contributed by atoms with Crippen LogP contribution in [0.1, 0.15) is 34.7 Å². The Morgan fingerprint density at radius 2 is 1.83 bits per heavy atom. The zero-order valence-corrected chi connectivity index (χ0v) is 21.7. The van der Waals surface area contributed by atoms with Gasteiger partial charge in [0, 0.05) is 29.5 Å². The molecular formula is C26H26N6O2S2. The number of hydrogen-bond donors (Lipinski definition) is 2. The van der Waals surface area contributed by atoms with Crippen molar-refractivity contribution in [3.63, 3.8) is 0 Å². The summed E-state index contributed by atoms with van der Waals surface area (Å²) in [6.07, 6.45) is 6.52. The molecule has 0 aliphatic carbocycles. The summed E-state index contributed by atoms with van der Waals surface area (Å²) >= 11 is 5.86. The molecule has 36 heavy (non-hydrogen) atoms. The summed E-state index contributed by atoms with van der Waals surface area (Å²) in [5.41, 5.74) is 6.10. The van der Waals surface area contributed by atoms with E-state index in [0.717, 1.165) is 40.3 Å². The van der Waals surface area contributed by atoms with E-state index in [1.807, 2.05) is 55.6 Å². The molecule has 4 heterocycles. The number of benzene rings is 1. The summed E-state index contributed by atoms with van der Waals surface area (Å²) in [6.45, 7) is 3.93. The van der Waals surface area contributed by atoms with Crippen molar-refractivity contribution < 1.29 is 8.42 Å². The molecule has 5 rings (SSSR count). The first kappa shape index (κ1) is 24.0. The van der Waals surface area contributed by atoms with Gasteiger partial charge in [0.15, 0.2) is 5.11 Å². The Kier molecular flexibility index (Phi) is 6.23. The molecule has 184 valence electrons. The molecule has 0 radical (unpaired) electrons. The first-order valence-electron chi connectivity index (χ1n) is 11.4. The van der Waals surface area contributed by atoms with Crippen molar-refractivity contribution in [1.82, 2.24) is 19.9 Å². The predicted octanol–water partition coefficient (Wildman–Crippen LogP) is 4.43. The molecule has 10 heteroatoms. The van der Waals surface area contributed by atoms with E-state index >= 15 is 0 Å². The second-order valence-electron chi connectivity index (χ2n) is 8.82. The van der Waals surface area contributed by atoms with Gasteiger partial charge in [-0.05, 0) is 86.2 Å². The number of pyridine rings is 2. The molecule has 4 aromatic rings. The van der Waals surface area contributed by atoms with E-state index < -0.39 is 10.0 Å². The van der Waals surface area contributed by atoms with Crippen LogP contribution >= 0.6 is 12.2 Å². The van der Waals surface area contributed by atoms with Crippen LogP contribution in [0.5, 0.6) is 0 Å². The highest BCUT2D eigenvalue weighted by molar-refractivity contribution is 7.92. The van der Waals surface area contributed by atoms with Gasteiger partial charge in [0.2, 0.25) is 10.0 Å². The average molecular weight is 519 g/mol. The Hall–Kier alpha value is -3.76. The number of aryl methyl sites for hydroxylation is 2. The first-order chi connectivity index (χ1) is 17.2. The van der Waals surface area contributed by atoms with Crippen molar-refractivity contribution in [1.29, 1.82) is 0 Å². The molecule has 2 atom stereocenters. The fraction of sp³-hybridized carbons (Fsp3) is 0.192. The largest absolute Gasteiger partial charge is 0.351 e. The highest BCUT2D eigenvalue weighted by atomic mass is 32.2. The molecule has 1 aromatic carbocycles. The minimum absolute atomic E-state index is 0.211. The molecule has 0 unspecified atom stereocenters. The van der Waals surface area contributed by atoms with Gasteiger partial charge >= 0.3 is 0 Å². The lowest BCUT2D eigenvalue weighted by atomic mass is 10.0. The van der Waals surface area contributed by atoms with Gasteiger partial charge in [-0.1, -0.05) is 6.07 Å². The summed E-state index contributed by atoms with van der Waals surface area (Å²) < 4.78 is 28.3. The molecule has 3 aromatic heterocycles. The maximum Gasteiger partial charge on any atom is 0.229 e. The highest BCUT2D eigenvalue weighted by Crippen LogP contribution is 2.43. The van der Waals surface area contributed by atoms with Crippen molar-refractivity contribution in [2.45, 2.75) is 25.9 Å². The third kappa shape index (κ3) is 4.57. The minimum Gasteiger partial charge on any atom is -0.351 e. The zero-order valence-electron chi connectivity index (χ0n) is 20.1. The lowest BCUT2D eigenvalue weighted by Crippen LogP contribution is -2.30. The SMILES string of the molecule is Cc1cc(N2C(=S)N[C@H](c3ccccn3)[C@@H]2c2ccc(C)n2-c2cccnc2)ccc1NS(C)(=O)=O. The van der Waals surface area contributed by atoms with Gasteiger partial charge in [-0.25, -0.2) is 8.42 Å². The average Bonchev–Trinajstić information content (AvgIpc) is 3.40. The van der Waals surface area contributed by atoms with Crippen LogP contribution in [0.15, 0.2) is 79.3 Å². The summed E-state index contributed by atoms with van der Waals surface area (Å²) in [7, 11) is -3.39. The molecule has 1 fully saturated rings. The Labute approximate surface area is 216 Å². The molecule has 1 saturated heterocycles. The molecule has 8 nitrogen and oxygen atoms in total. The van der Waals surface area contributed by atoms with Gasteiger partial charge in [0.05, 0.1) is 35.6 Å².